The van der Waals surface area contributed by atoms with E-state index in [4.69, 9.17) is 0 Å². The van der Waals surface area contributed by atoms with Crippen LogP contribution in [0.15, 0.2) is 72.8 Å². The summed E-state index contributed by atoms with van der Waals surface area (Å²) < 4.78 is 0. The number of para-hydroxylation sites is 1. The number of carbonyl (C=O) groups excluding carboxylic acids is 2. The molecule has 0 unspecified atom stereocenters. The lowest BCUT2D eigenvalue weighted by molar-refractivity contribution is -0.131. The average Bonchev–Trinajstić information content (AvgIpc) is 3.48. The molecule has 2 amide bonds. The van der Waals surface area contributed by atoms with Gasteiger partial charge in [0.15, 0.2) is 0 Å². The first kappa shape index (κ1) is 28.1. The van der Waals surface area contributed by atoms with E-state index in [0.29, 0.717) is 25.2 Å². The third-order valence-corrected chi connectivity index (χ3v) is 7.38. The zero-order valence-electron chi connectivity index (χ0n) is 23.5. The van der Waals surface area contributed by atoms with Gasteiger partial charge in [0.05, 0.1) is 18.2 Å². The van der Waals surface area contributed by atoms with Gasteiger partial charge in [0, 0.05) is 17.8 Å². The topological polar surface area (TPSA) is 136 Å². The van der Waals surface area contributed by atoms with Crippen LogP contribution in [0.25, 0.3) is 22.5 Å². The Morgan fingerprint density at radius 3 is 2.49 bits per heavy atom. The number of anilines is 1. The maximum absolute atomic E-state index is 13.9. The second-order valence-corrected chi connectivity index (χ2v) is 11.0. The van der Waals surface area contributed by atoms with Gasteiger partial charge in [0.1, 0.15) is 6.04 Å². The van der Waals surface area contributed by atoms with Crippen LogP contribution in [-0.4, -0.2) is 61.8 Å². The monoisotopic (exact) mass is 553 g/mol. The number of H-pyrrole nitrogens is 1. The SMILES string of the molecule is C[C@@H](O)CNC(C)(C)C(=O)N[C@@H]1CCc2ccccc2N(Cc2ccc(-c3ccccc3-c3nn[nH]n3)cc2)C1=O. The largest absolute Gasteiger partial charge is 0.392 e. The molecule has 0 radical (unpaired) electrons. The predicted octanol–water partition coefficient (Wildman–Crippen LogP) is 3.25. The van der Waals surface area contributed by atoms with Gasteiger partial charge in [-0.15, -0.1) is 10.2 Å². The average molecular weight is 554 g/mol. The Hall–Kier alpha value is -4.41. The van der Waals surface area contributed by atoms with Gasteiger partial charge in [-0.2, -0.15) is 5.21 Å². The van der Waals surface area contributed by atoms with Crippen molar-refractivity contribution in [3.8, 4) is 22.5 Å². The molecular weight excluding hydrogens is 518 g/mol. The van der Waals surface area contributed by atoms with Crippen LogP contribution in [-0.2, 0) is 22.6 Å². The van der Waals surface area contributed by atoms with Crippen molar-refractivity contribution in [1.29, 1.82) is 0 Å². The molecule has 1 aliphatic heterocycles. The summed E-state index contributed by atoms with van der Waals surface area (Å²) in [6, 6.07) is 23.2. The number of aliphatic hydroxyl groups is 1. The number of fused-ring (bicyclic) bond motifs is 1. The molecule has 10 heteroatoms. The number of hydrogen-bond donors (Lipinski definition) is 4. The summed E-state index contributed by atoms with van der Waals surface area (Å²) in [5.74, 6) is 0.0852. The smallest absolute Gasteiger partial charge is 0.249 e. The minimum atomic E-state index is -0.950. The van der Waals surface area contributed by atoms with Crippen LogP contribution in [0.2, 0.25) is 0 Å². The summed E-state index contributed by atoms with van der Waals surface area (Å²) in [7, 11) is 0. The Morgan fingerprint density at radius 2 is 1.78 bits per heavy atom. The highest BCUT2D eigenvalue weighted by molar-refractivity contribution is 6.01. The normalized spacial score (nSPS) is 16.1. The minimum Gasteiger partial charge on any atom is -0.392 e. The first-order valence-electron chi connectivity index (χ1n) is 13.8. The molecule has 1 aliphatic rings. The lowest BCUT2D eigenvalue weighted by Crippen LogP contribution is -2.58. The second-order valence-electron chi connectivity index (χ2n) is 11.0. The lowest BCUT2D eigenvalue weighted by Gasteiger charge is -2.30. The Balaban J connectivity index is 1.38. The van der Waals surface area contributed by atoms with E-state index >= 15 is 0 Å². The highest BCUT2D eigenvalue weighted by Crippen LogP contribution is 2.32. The predicted molar refractivity (Wildman–Crippen MR) is 157 cm³/mol. The van der Waals surface area contributed by atoms with Gasteiger partial charge >= 0.3 is 0 Å². The molecule has 0 saturated carbocycles. The number of amides is 2. The quantitative estimate of drug-likeness (QED) is 0.250. The van der Waals surface area contributed by atoms with Crippen molar-refractivity contribution in [2.24, 2.45) is 0 Å². The number of aliphatic hydroxyl groups excluding tert-OH is 1. The van der Waals surface area contributed by atoms with Gasteiger partial charge in [-0.05, 0) is 67.1 Å². The molecule has 0 fully saturated rings. The van der Waals surface area contributed by atoms with E-state index in [1.165, 1.54) is 0 Å². The van der Waals surface area contributed by atoms with E-state index in [9.17, 15) is 14.7 Å². The molecule has 3 aromatic carbocycles. The maximum atomic E-state index is 13.9. The zero-order chi connectivity index (χ0) is 29.0. The first-order valence-corrected chi connectivity index (χ1v) is 13.8. The number of aromatic amines is 1. The second kappa shape index (κ2) is 12.0. The Bertz CT molecular complexity index is 1500. The summed E-state index contributed by atoms with van der Waals surface area (Å²) in [5.41, 5.74) is 4.77. The molecule has 4 aromatic rings. The molecule has 1 aromatic heterocycles. The third kappa shape index (κ3) is 6.34. The molecule has 0 bridgehead atoms. The number of tetrazole rings is 1. The van der Waals surface area contributed by atoms with Crippen molar-refractivity contribution in [2.75, 3.05) is 11.4 Å². The number of benzene rings is 3. The van der Waals surface area contributed by atoms with Gasteiger partial charge in [0.2, 0.25) is 17.6 Å². The summed E-state index contributed by atoms with van der Waals surface area (Å²) in [5, 5.41) is 30.2. The minimum absolute atomic E-state index is 0.152. The van der Waals surface area contributed by atoms with Crippen molar-refractivity contribution in [3.05, 3.63) is 83.9 Å². The summed E-state index contributed by atoms with van der Waals surface area (Å²) in [4.78, 5) is 28.9. The molecule has 5 rings (SSSR count). The molecular formula is C31H35N7O3. The third-order valence-electron chi connectivity index (χ3n) is 7.38. The molecule has 2 heterocycles. The Kier molecular flexibility index (Phi) is 8.23. The summed E-state index contributed by atoms with van der Waals surface area (Å²) in [6.07, 6.45) is 0.568. The lowest BCUT2D eigenvalue weighted by atomic mass is 9.98. The van der Waals surface area contributed by atoms with E-state index in [2.05, 4.69) is 31.3 Å². The van der Waals surface area contributed by atoms with Crippen LogP contribution in [0.5, 0.6) is 0 Å². The van der Waals surface area contributed by atoms with Crippen LogP contribution in [0.3, 0.4) is 0 Å². The van der Waals surface area contributed by atoms with Crippen molar-refractivity contribution in [2.45, 2.75) is 57.8 Å². The van der Waals surface area contributed by atoms with Crippen LogP contribution in [0.1, 0.15) is 38.3 Å². The van der Waals surface area contributed by atoms with Gasteiger partial charge in [-0.3, -0.25) is 9.59 Å². The van der Waals surface area contributed by atoms with Crippen LogP contribution < -0.4 is 15.5 Å². The van der Waals surface area contributed by atoms with Crippen LogP contribution in [0.4, 0.5) is 5.69 Å². The first-order chi connectivity index (χ1) is 19.7. The van der Waals surface area contributed by atoms with E-state index in [0.717, 1.165) is 33.5 Å². The van der Waals surface area contributed by atoms with Crippen LogP contribution >= 0.6 is 0 Å². The van der Waals surface area contributed by atoms with E-state index in [1.54, 1.807) is 25.7 Å². The number of aromatic nitrogens is 4. The van der Waals surface area contributed by atoms with Crippen LogP contribution in [0, 0.1) is 0 Å². The number of aryl methyl sites for hydroxylation is 1. The summed E-state index contributed by atoms with van der Waals surface area (Å²) in [6.45, 7) is 5.78. The van der Waals surface area contributed by atoms with E-state index in [-0.39, 0.29) is 18.4 Å². The van der Waals surface area contributed by atoms with Gasteiger partial charge in [-0.25, -0.2) is 0 Å². The van der Waals surface area contributed by atoms with Crippen molar-refractivity contribution < 1.29 is 14.7 Å². The standard InChI is InChI=1S/C31H35N7O3/c1-20(39)18-32-31(2,3)30(41)33-26-17-16-23-8-4-7-11-27(23)38(29(26)40)19-21-12-14-22(15-13-21)24-9-5-6-10-25(24)28-34-36-37-35-28/h4-15,20,26,32,39H,16-19H2,1-3H3,(H,33,41)(H,34,35,36,37)/t20-,26-/m1/s1. The number of rotatable bonds is 9. The van der Waals surface area contributed by atoms with Gasteiger partial charge in [0.25, 0.3) is 0 Å². The number of nitrogens with zero attached hydrogens (tertiary/aromatic N) is 4. The van der Waals surface area contributed by atoms with Crippen molar-refractivity contribution >= 4 is 17.5 Å². The highest BCUT2D eigenvalue weighted by atomic mass is 16.3. The maximum Gasteiger partial charge on any atom is 0.249 e. The molecule has 0 spiro atoms. The molecule has 212 valence electrons. The van der Waals surface area contributed by atoms with E-state index < -0.39 is 17.7 Å². The zero-order valence-corrected chi connectivity index (χ0v) is 23.5. The fraction of sp³-hybridized carbons (Fsp3) is 0.323. The number of β-amino-alcohol motifs (C(OH)–C–C–N with tert-alkyl or cyclic N) is 1. The Labute approximate surface area is 239 Å². The van der Waals surface area contributed by atoms with Crippen molar-refractivity contribution in [1.82, 2.24) is 31.3 Å². The van der Waals surface area contributed by atoms with Crippen molar-refractivity contribution in [3.63, 3.8) is 0 Å². The fourth-order valence-electron chi connectivity index (χ4n) is 5.01. The summed E-state index contributed by atoms with van der Waals surface area (Å²) >= 11 is 0. The van der Waals surface area contributed by atoms with E-state index in [1.807, 2.05) is 72.8 Å². The highest BCUT2D eigenvalue weighted by Gasteiger charge is 2.35. The molecule has 41 heavy (non-hydrogen) atoms. The fourth-order valence-corrected chi connectivity index (χ4v) is 5.01. The number of nitrogens with one attached hydrogen (secondary N) is 3. The van der Waals surface area contributed by atoms with Gasteiger partial charge in [-0.1, -0.05) is 66.7 Å². The molecule has 4 N–H and O–H groups in total. The number of hydrogen-bond acceptors (Lipinski definition) is 7. The molecule has 0 saturated heterocycles. The molecule has 10 nitrogen and oxygen atoms in total. The molecule has 2 atom stereocenters. The molecule has 0 aliphatic carbocycles. The number of carbonyl (C=O) groups is 2. The van der Waals surface area contributed by atoms with Gasteiger partial charge < -0.3 is 20.6 Å². The Morgan fingerprint density at radius 1 is 1.07 bits per heavy atom.